The quantitative estimate of drug-likeness (QED) is 0.633. The second-order valence-electron chi connectivity index (χ2n) is 3.15. The van der Waals surface area contributed by atoms with Crippen LogP contribution < -0.4 is 5.32 Å². The predicted molar refractivity (Wildman–Crippen MR) is 44.8 cm³/mol. The van der Waals surface area contributed by atoms with Gasteiger partial charge in [0.05, 0.1) is 0 Å². The lowest BCUT2D eigenvalue weighted by Crippen LogP contribution is -2.31. The van der Waals surface area contributed by atoms with E-state index in [1.807, 2.05) is 0 Å². The minimum Gasteiger partial charge on any atom is -0.314 e. The first-order chi connectivity index (χ1) is 4.93. The zero-order valence-electron chi connectivity index (χ0n) is 6.90. The maximum atomic E-state index is 3.52. The molecule has 0 aliphatic heterocycles. The topological polar surface area (TPSA) is 12.0 Å². The molecule has 0 spiro atoms. The lowest BCUT2D eigenvalue weighted by Gasteiger charge is -2.22. The van der Waals surface area contributed by atoms with Crippen LogP contribution in [0.25, 0.3) is 0 Å². The van der Waals surface area contributed by atoms with Crippen molar-refractivity contribution in [3.05, 3.63) is 6.42 Å². The molecule has 0 bridgehead atoms. The van der Waals surface area contributed by atoms with Gasteiger partial charge in [0, 0.05) is 6.04 Å². The van der Waals surface area contributed by atoms with Crippen molar-refractivity contribution in [1.82, 2.24) is 5.32 Å². The summed E-state index contributed by atoms with van der Waals surface area (Å²) in [6, 6.07) is 0.824. The number of hydrogen-bond donors (Lipinski definition) is 1. The van der Waals surface area contributed by atoms with Crippen LogP contribution in [-0.4, -0.2) is 12.6 Å². The van der Waals surface area contributed by atoms with Gasteiger partial charge in [0.15, 0.2) is 0 Å². The van der Waals surface area contributed by atoms with Crippen LogP contribution >= 0.6 is 0 Å². The van der Waals surface area contributed by atoms with Crippen molar-refractivity contribution in [2.24, 2.45) is 0 Å². The molecule has 10 heavy (non-hydrogen) atoms. The summed E-state index contributed by atoms with van der Waals surface area (Å²) in [4.78, 5) is 0. The maximum absolute atomic E-state index is 3.52. The van der Waals surface area contributed by atoms with Gasteiger partial charge in [-0.25, -0.2) is 0 Å². The van der Waals surface area contributed by atoms with Crippen LogP contribution in [0.1, 0.15) is 39.0 Å². The fourth-order valence-corrected chi connectivity index (χ4v) is 1.59. The van der Waals surface area contributed by atoms with Crippen molar-refractivity contribution in [1.29, 1.82) is 0 Å². The number of nitrogens with one attached hydrogen (secondary N) is 1. The molecule has 1 heteroatoms. The summed E-state index contributed by atoms with van der Waals surface area (Å²) in [5.74, 6) is 0. The van der Waals surface area contributed by atoms with E-state index in [9.17, 15) is 0 Å². The minimum absolute atomic E-state index is 0.824. The van der Waals surface area contributed by atoms with Crippen molar-refractivity contribution in [2.75, 3.05) is 6.54 Å². The van der Waals surface area contributed by atoms with Gasteiger partial charge in [-0.1, -0.05) is 26.2 Å². The van der Waals surface area contributed by atoms with Gasteiger partial charge in [0.2, 0.25) is 0 Å². The first kappa shape index (κ1) is 8.06. The van der Waals surface area contributed by atoms with Gasteiger partial charge in [-0.3, -0.25) is 0 Å². The highest BCUT2D eigenvalue weighted by Crippen LogP contribution is 2.16. The molecule has 0 heterocycles. The number of hydrogen-bond acceptors (Lipinski definition) is 1. The summed E-state index contributed by atoms with van der Waals surface area (Å²) in [7, 11) is 0. The van der Waals surface area contributed by atoms with Crippen molar-refractivity contribution in [2.45, 2.75) is 45.1 Å². The van der Waals surface area contributed by atoms with E-state index >= 15 is 0 Å². The van der Waals surface area contributed by atoms with E-state index in [1.54, 1.807) is 0 Å². The lowest BCUT2D eigenvalue weighted by atomic mass is 9.95. The molecule has 1 N–H and O–H groups in total. The van der Waals surface area contributed by atoms with Crippen LogP contribution in [0.15, 0.2) is 0 Å². The first-order valence-electron chi connectivity index (χ1n) is 4.44. The Morgan fingerprint density at radius 2 is 2.00 bits per heavy atom. The molecule has 1 saturated carbocycles. The van der Waals surface area contributed by atoms with Crippen molar-refractivity contribution >= 4 is 0 Å². The van der Waals surface area contributed by atoms with Gasteiger partial charge < -0.3 is 5.32 Å². The maximum Gasteiger partial charge on any atom is 0.00671 e. The number of rotatable bonds is 3. The molecule has 59 valence electrons. The molecular weight excluding hydrogens is 122 g/mol. The summed E-state index contributed by atoms with van der Waals surface area (Å²) < 4.78 is 0. The first-order valence-corrected chi connectivity index (χ1v) is 4.44. The van der Waals surface area contributed by atoms with Crippen LogP contribution in [0.2, 0.25) is 0 Å². The molecule has 0 aromatic heterocycles. The molecule has 1 radical (unpaired) electrons. The van der Waals surface area contributed by atoms with E-state index in [-0.39, 0.29) is 0 Å². The zero-order chi connectivity index (χ0) is 7.23. The molecule has 0 unspecified atom stereocenters. The van der Waals surface area contributed by atoms with Gasteiger partial charge >= 0.3 is 0 Å². The molecule has 1 aliphatic carbocycles. The van der Waals surface area contributed by atoms with Gasteiger partial charge in [-0.2, -0.15) is 0 Å². The van der Waals surface area contributed by atoms with Gasteiger partial charge in [0.25, 0.3) is 0 Å². The van der Waals surface area contributed by atoms with E-state index in [1.165, 1.54) is 32.1 Å². The molecule has 1 rings (SSSR count). The Morgan fingerprint density at radius 1 is 1.30 bits per heavy atom. The highest BCUT2D eigenvalue weighted by atomic mass is 14.9. The fourth-order valence-electron chi connectivity index (χ4n) is 1.59. The van der Waals surface area contributed by atoms with Gasteiger partial charge in [-0.05, 0) is 25.8 Å². The lowest BCUT2D eigenvalue weighted by molar-refractivity contribution is 0.382. The van der Waals surface area contributed by atoms with Crippen molar-refractivity contribution < 1.29 is 0 Å². The standard InChI is InChI=1S/C9H18N/c1-2-8-10-9-6-4-3-5-7-9/h2,9-10H,3-8H2,1H3. The zero-order valence-corrected chi connectivity index (χ0v) is 6.90. The third kappa shape index (κ3) is 2.70. The monoisotopic (exact) mass is 140 g/mol. The smallest absolute Gasteiger partial charge is 0.00671 e. The van der Waals surface area contributed by atoms with Gasteiger partial charge in [-0.15, -0.1) is 0 Å². The van der Waals surface area contributed by atoms with Crippen LogP contribution in [0.5, 0.6) is 0 Å². The second-order valence-corrected chi connectivity index (χ2v) is 3.15. The highest BCUT2D eigenvalue weighted by Gasteiger charge is 2.10. The third-order valence-electron chi connectivity index (χ3n) is 2.22. The third-order valence-corrected chi connectivity index (χ3v) is 2.22. The van der Waals surface area contributed by atoms with Crippen LogP contribution in [0.3, 0.4) is 0 Å². The average molecular weight is 140 g/mol. The fraction of sp³-hybridized carbons (Fsp3) is 0.889. The molecule has 0 saturated heterocycles. The Balaban J connectivity index is 2.02. The van der Waals surface area contributed by atoms with E-state index in [0.717, 1.165) is 12.6 Å². The Kier molecular flexibility index (Phi) is 3.81. The highest BCUT2D eigenvalue weighted by molar-refractivity contribution is 4.73. The molecule has 0 atom stereocenters. The summed E-state index contributed by atoms with van der Waals surface area (Å²) in [5, 5.41) is 3.52. The molecule has 1 fully saturated rings. The summed E-state index contributed by atoms with van der Waals surface area (Å²) in [6.07, 6.45) is 9.30. The largest absolute Gasteiger partial charge is 0.314 e. The van der Waals surface area contributed by atoms with Gasteiger partial charge in [0.1, 0.15) is 0 Å². The Labute approximate surface area is 64.2 Å². The van der Waals surface area contributed by atoms with Crippen LogP contribution in [0.4, 0.5) is 0 Å². The SMILES string of the molecule is C[CH]CNC1CCCCC1. The Hall–Kier alpha value is -0.0400. The van der Waals surface area contributed by atoms with E-state index in [0.29, 0.717) is 0 Å². The Bertz CT molecular complexity index is 74.8. The molecule has 0 aromatic carbocycles. The van der Waals surface area contributed by atoms with E-state index in [4.69, 9.17) is 0 Å². The molecule has 0 amide bonds. The van der Waals surface area contributed by atoms with E-state index < -0.39 is 0 Å². The van der Waals surface area contributed by atoms with Crippen molar-refractivity contribution in [3.63, 3.8) is 0 Å². The van der Waals surface area contributed by atoms with Crippen LogP contribution in [-0.2, 0) is 0 Å². The normalized spacial score (nSPS) is 21.3. The van der Waals surface area contributed by atoms with Crippen LogP contribution in [0, 0.1) is 6.42 Å². The Morgan fingerprint density at radius 3 is 2.60 bits per heavy atom. The minimum atomic E-state index is 0.824. The molecule has 0 aromatic rings. The predicted octanol–water partition coefficient (Wildman–Crippen LogP) is 2.13. The molecular formula is C9H18N. The summed E-state index contributed by atoms with van der Waals surface area (Å²) in [5.41, 5.74) is 0. The summed E-state index contributed by atoms with van der Waals surface area (Å²) >= 11 is 0. The second kappa shape index (κ2) is 4.73. The van der Waals surface area contributed by atoms with Crippen molar-refractivity contribution in [3.8, 4) is 0 Å². The van der Waals surface area contributed by atoms with E-state index in [2.05, 4.69) is 18.7 Å². The summed E-state index contributed by atoms with van der Waals surface area (Å²) in [6.45, 7) is 3.19. The average Bonchev–Trinajstić information content (AvgIpc) is 2.03. The molecule has 1 aliphatic rings. The molecule has 1 nitrogen and oxygen atoms in total.